The van der Waals surface area contributed by atoms with Gasteiger partial charge < -0.3 is 10.2 Å². The van der Waals surface area contributed by atoms with Crippen molar-refractivity contribution >= 4 is 27.5 Å². The number of carbonyl (C=O) groups excluding carboxylic acids is 2. The number of hydrogen-bond donors (Lipinski definition) is 1. The van der Waals surface area contributed by atoms with Crippen molar-refractivity contribution in [2.45, 2.75) is 52.1 Å². The highest BCUT2D eigenvalue weighted by Gasteiger charge is 2.33. The molecule has 0 aliphatic carbocycles. The molecule has 3 aromatic carbocycles. The van der Waals surface area contributed by atoms with Gasteiger partial charge in [0.05, 0.1) is 10.6 Å². The SMILES string of the molecule is Cc1ccc(S(=O)(=O)N(CC(=O)N(Cc2ccccc2C)[C@H](C)C(=O)NCC(C)C)c2ccccc2F)cc1. The Morgan fingerprint density at radius 1 is 0.897 bits per heavy atom. The molecule has 0 aliphatic rings. The molecule has 39 heavy (non-hydrogen) atoms. The minimum atomic E-state index is -4.33. The van der Waals surface area contributed by atoms with Crippen molar-refractivity contribution in [2.24, 2.45) is 5.92 Å². The van der Waals surface area contributed by atoms with Crippen molar-refractivity contribution in [3.8, 4) is 0 Å². The van der Waals surface area contributed by atoms with Gasteiger partial charge in [0, 0.05) is 13.1 Å². The first kappa shape index (κ1) is 29.8. The monoisotopic (exact) mass is 553 g/mol. The van der Waals surface area contributed by atoms with E-state index in [4.69, 9.17) is 0 Å². The van der Waals surface area contributed by atoms with Crippen LogP contribution >= 0.6 is 0 Å². The number of nitrogens with zero attached hydrogens (tertiary/aromatic N) is 2. The lowest BCUT2D eigenvalue weighted by Gasteiger charge is -2.32. The van der Waals surface area contributed by atoms with Crippen LogP contribution in [0, 0.1) is 25.6 Å². The summed E-state index contributed by atoms with van der Waals surface area (Å²) in [4.78, 5) is 28.2. The first-order chi connectivity index (χ1) is 18.4. The molecule has 0 aliphatic heterocycles. The number of amides is 2. The summed E-state index contributed by atoms with van der Waals surface area (Å²) in [5.41, 5.74) is 2.34. The van der Waals surface area contributed by atoms with E-state index in [1.54, 1.807) is 19.1 Å². The van der Waals surface area contributed by atoms with Gasteiger partial charge in [-0.1, -0.05) is 67.9 Å². The van der Waals surface area contributed by atoms with Crippen molar-refractivity contribution in [2.75, 3.05) is 17.4 Å². The molecule has 7 nitrogen and oxygen atoms in total. The van der Waals surface area contributed by atoms with Crippen molar-refractivity contribution in [1.29, 1.82) is 0 Å². The lowest BCUT2D eigenvalue weighted by Crippen LogP contribution is -2.51. The van der Waals surface area contributed by atoms with E-state index in [1.165, 1.54) is 35.2 Å². The molecule has 0 unspecified atom stereocenters. The zero-order chi connectivity index (χ0) is 28.7. The molecule has 3 aromatic rings. The van der Waals surface area contributed by atoms with E-state index in [9.17, 15) is 22.4 Å². The molecule has 9 heteroatoms. The molecule has 208 valence electrons. The van der Waals surface area contributed by atoms with Gasteiger partial charge in [-0.3, -0.25) is 13.9 Å². The fraction of sp³-hybridized carbons (Fsp3) is 0.333. The number of benzene rings is 3. The van der Waals surface area contributed by atoms with Crippen LogP contribution in [-0.4, -0.2) is 44.3 Å². The van der Waals surface area contributed by atoms with Crippen LogP contribution in [0.1, 0.15) is 37.5 Å². The van der Waals surface area contributed by atoms with Crippen LogP contribution in [0.3, 0.4) is 0 Å². The summed E-state index contributed by atoms with van der Waals surface area (Å²) in [5, 5.41) is 2.85. The third kappa shape index (κ3) is 7.44. The zero-order valence-corrected chi connectivity index (χ0v) is 23.8. The van der Waals surface area contributed by atoms with Crippen molar-refractivity contribution in [3.63, 3.8) is 0 Å². The predicted octanol–water partition coefficient (Wildman–Crippen LogP) is 4.83. The minimum absolute atomic E-state index is 0.0719. The summed E-state index contributed by atoms with van der Waals surface area (Å²) < 4.78 is 43.3. The van der Waals surface area contributed by atoms with E-state index in [1.807, 2.05) is 52.0 Å². The van der Waals surface area contributed by atoms with Gasteiger partial charge in [-0.05, 0) is 62.1 Å². The number of carbonyl (C=O) groups is 2. The van der Waals surface area contributed by atoms with Crippen LogP contribution in [0.2, 0.25) is 0 Å². The van der Waals surface area contributed by atoms with E-state index in [-0.39, 0.29) is 29.0 Å². The molecule has 0 saturated heterocycles. The molecule has 2 amide bonds. The van der Waals surface area contributed by atoms with Gasteiger partial charge in [-0.25, -0.2) is 12.8 Å². The van der Waals surface area contributed by atoms with Gasteiger partial charge in [0.25, 0.3) is 10.0 Å². The van der Waals surface area contributed by atoms with Gasteiger partial charge in [-0.15, -0.1) is 0 Å². The Balaban J connectivity index is 2.03. The maximum absolute atomic E-state index is 15.0. The van der Waals surface area contributed by atoms with Crippen molar-refractivity contribution in [1.82, 2.24) is 10.2 Å². The number of aryl methyl sites for hydroxylation is 2. The second kappa shape index (κ2) is 12.9. The lowest BCUT2D eigenvalue weighted by atomic mass is 10.1. The van der Waals surface area contributed by atoms with Gasteiger partial charge in [0.2, 0.25) is 11.8 Å². The number of nitrogens with one attached hydrogen (secondary N) is 1. The Labute approximate surface area is 230 Å². The molecule has 0 spiro atoms. The predicted molar refractivity (Wildman–Crippen MR) is 151 cm³/mol. The van der Waals surface area contributed by atoms with Crippen LogP contribution in [0.15, 0.2) is 77.7 Å². The maximum atomic E-state index is 15.0. The normalized spacial score (nSPS) is 12.2. The fourth-order valence-electron chi connectivity index (χ4n) is 4.01. The van der Waals surface area contributed by atoms with E-state index in [0.717, 1.165) is 27.1 Å². The molecule has 3 rings (SSSR count). The topological polar surface area (TPSA) is 86.8 Å². The molecule has 0 saturated carbocycles. The molecule has 0 radical (unpaired) electrons. The standard InChI is InChI=1S/C30H36FN3O4S/c1-21(2)18-32-30(36)24(5)33(19-25-11-7-6-10-23(25)4)29(35)20-34(28-13-9-8-12-27(28)31)39(37,38)26-16-14-22(3)15-17-26/h6-17,21,24H,18-20H2,1-5H3,(H,32,36)/t24-/m1/s1. The highest BCUT2D eigenvalue weighted by molar-refractivity contribution is 7.92. The summed E-state index contributed by atoms with van der Waals surface area (Å²) in [6, 6.07) is 18.1. The third-order valence-corrected chi connectivity index (χ3v) is 8.24. The number of para-hydroxylation sites is 1. The van der Waals surface area contributed by atoms with E-state index in [0.29, 0.717) is 6.54 Å². The van der Waals surface area contributed by atoms with Crippen molar-refractivity contribution < 1.29 is 22.4 Å². The average Bonchev–Trinajstić information content (AvgIpc) is 2.90. The maximum Gasteiger partial charge on any atom is 0.264 e. The van der Waals surface area contributed by atoms with E-state index in [2.05, 4.69) is 5.32 Å². The largest absolute Gasteiger partial charge is 0.354 e. The first-order valence-corrected chi connectivity index (χ1v) is 14.3. The highest BCUT2D eigenvalue weighted by Crippen LogP contribution is 2.27. The van der Waals surface area contributed by atoms with Gasteiger partial charge in [0.1, 0.15) is 18.4 Å². The molecule has 0 fully saturated rings. The third-order valence-electron chi connectivity index (χ3n) is 6.46. The second-order valence-corrected chi connectivity index (χ2v) is 11.9. The Morgan fingerprint density at radius 3 is 2.13 bits per heavy atom. The first-order valence-electron chi connectivity index (χ1n) is 12.9. The van der Waals surface area contributed by atoms with Gasteiger partial charge in [0.15, 0.2) is 0 Å². The number of anilines is 1. The number of hydrogen-bond acceptors (Lipinski definition) is 4. The lowest BCUT2D eigenvalue weighted by molar-refractivity contribution is -0.139. The number of sulfonamides is 1. The Bertz CT molecular complexity index is 1410. The molecule has 0 heterocycles. The van der Waals surface area contributed by atoms with Gasteiger partial charge in [-0.2, -0.15) is 0 Å². The molecule has 0 bridgehead atoms. The summed E-state index contributed by atoms with van der Waals surface area (Å²) in [7, 11) is -4.33. The summed E-state index contributed by atoms with van der Waals surface area (Å²) >= 11 is 0. The Hall–Kier alpha value is -3.72. The number of halogens is 1. The summed E-state index contributed by atoms with van der Waals surface area (Å²) in [6.45, 7) is 9.07. The summed E-state index contributed by atoms with van der Waals surface area (Å²) in [6.07, 6.45) is 0. The van der Waals surface area contributed by atoms with Crippen LogP contribution < -0.4 is 9.62 Å². The van der Waals surface area contributed by atoms with Crippen LogP contribution in [0.5, 0.6) is 0 Å². The van der Waals surface area contributed by atoms with E-state index < -0.39 is 34.3 Å². The quantitative estimate of drug-likeness (QED) is 0.369. The molecular weight excluding hydrogens is 517 g/mol. The average molecular weight is 554 g/mol. The Morgan fingerprint density at radius 2 is 1.51 bits per heavy atom. The smallest absolute Gasteiger partial charge is 0.264 e. The fourth-order valence-corrected chi connectivity index (χ4v) is 5.43. The minimum Gasteiger partial charge on any atom is -0.354 e. The Kier molecular flexibility index (Phi) is 9.86. The van der Waals surface area contributed by atoms with E-state index >= 15 is 0 Å². The van der Waals surface area contributed by atoms with Crippen LogP contribution in [-0.2, 0) is 26.2 Å². The zero-order valence-electron chi connectivity index (χ0n) is 23.0. The summed E-state index contributed by atoms with van der Waals surface area (Å²) in [5.74, 6) is -1.57. The molecule has 1 N–H and O–H groups in total. The molecular formula is C30H36FN3O4S. The van der Waals surface area contributed by atoms with Crippen LogP contribution in [0.25, 0.3) is 0 Å². The molecule has 1 atom stereocenters. The number of rotatable bonds is 11. The highest BCUT2D eigenvalue weighted by atomic mass is 32.2. The van der Waals surface area contributed by atoms with Crippen LogP contribution in [0.4, 0.5) is 10.1 Å². The second-order valence-electron chi connectivity index (χ2n) is 10.0. The van der Waals surface area contributed by atoms with Crippen molar-refractivity contribution in [3.05, 3.63) is 95.3 Å². The van der Waals surface area contributed by atoms with Gasteiger partial charge >= 0.3 is 0 Å². The molecule has 0 aromatic heterocycles.